The van der Waals surface area contributed by atoms with Crippen molar-refractivity contribution >= 4 is 254 Å². The Morgan fingerprint density at radius 1 is 0.160 bits per heavy atom. The van der Waals surface area contributed by atoms with E-state index in [-0.39, 0.29) is 0 Å². The molecule has 0 aliphatic carbocycles. The summed E-state index contributed by atoms with van der Waals surface area (Å²) in [5.74, 6) is 0. The van der Waals surface area contributed by atoms with Gasteiger partial charge in [0.2, 0.25) is 0 Å². The van der Waals surface area contributed by atoms with Gasteiger partial charge in [0.1, 0.15) is 55.8 Å². The molecule has 5 nitrogen and oxygen atoms in total. The van der Waals surface area contributed by atoms with E-state index in [1.165, 1.54) is 136 Å². The average Bonchev–Trinajstić information content (AvgIpc) is 1.62. The van der Waals surface area contributed by atoms with Gasteiger partial charge >= 0.3 is 0 Å². The number of aryl methyl sites for hydroxylation is 1. The van der Waals surface area contributed by atoms with Crippen molar-refractivity contribution in [3.8, 4) is 55.6 Å². The summed E-state index contributed by atoms with van der Waals surface area (Å²) in [6, 6.07) is 140. The summed E-state index contributed by atoms with van der Waals surface area (Å²) in [5, 5.41) is 26.2. The van der Waals surface area contributed by atoms with Crippen molar-refractivity contribution in [2.75, 3.05) is 0 Å². The van der Waals surface area contributed by atoms with Gasteiger partial charge < -0.3 is 22.1 Å². The topological polar surface area (TPSA) is 65.7 Å². The standard InChI is InChI=1S/C26H15BrO.C23H15BrO.3C22H13BrO/c27-19-13-17-6-2-3-7-20(17)23(15-19)18-10-12-25-24(14-18)22-11-9-16-5-1-4-8-21(16)26(22)28-25;1-14-10-19(15-6-8-18(24)9-7-15)23-20-12-16-4-2-3-5-17(16)13-21(20)25-22(23)11-14;23-17-6-3-5-15(12-17)16-9-11-21-20(13-16)19-10-8-14-4-1-2-7-18(14)22(19)24-21;23-17-10-8-14(9-11-17)18-6-3-7-20-22(18)19-12-15-4-1-2-5-16(15)13-21(19)24-20;23-17-10-8-14(9-11-17)18-6-3-7-19-20-12-15-4-1-2-5-16(15)13-21(20)24-22(18)19/h1-15H;2-13H,1H3;3*1-13H. The number of halogens is 5. The minimum absolute atomic E-state index is 0.925. The number of furan rings is 5. The van der Waals surface area contributed by atoms with E-state index in [0.29, 0.717) is 0 Å². The highest BCUT2D eigenvalue weighted by atomic mass is 79.9. The van der Waals surface area contributed by atoms with Crippen LogP contribution in [0.2, 0.25) is 0 Å². The molecule has 0 bridgehead atoms. The number of para-hydroxylation sites is 1. The lowest BCUT2D eigenvalue weighted by atomic mass is 9.96. The minimum Gasteiger partial charge on any atom is -0.456 e. The summed E-state index contributed by atoms with van der Waals surface area (Å²) in [4.78, 5) is 0. The Morgan fingerprint density at radius 3 is 1.11 bits per heavy atom. The van der Waals surface area contributed by atoms with E-state index in [4.69, 9.17) is 22.1 Å². The fourth-order valence-corrected chi connectivity index (χ4v) is 19.5. The van der Waals surface area contributed by atoms with Gasteiger partial charge in [0.05, 0.1) is 0 Å². The molecule has 0 aliphatic heterocycles. The highest BCUT2D eigenvalue weighted by molar-refractivity contribution is 9.11. The first-order valence-electron chi connectivity index (χ1n) is 41.3. The Morgan fingerprint density at radius 2 is 0.552 bits per heavy atom. The normalized spacial score (nSPS) is 11.6. The van der Waals surface area contributed by atoms with Crippen molar-refractivity contribution in [2.45, 2.75) is 6.92 Å². The van der Waals surface area contributed by atoms with Gasteiger partial charge in [-0.15, -0.1) is 0 Å². The van der Waals surface area contributed by atoms with Gasteiger partial charge in [0.25, 0.3) is 0 Å². The fraction of sp³-hybridized carbons (Fsp3) is 0.00870. The van der Waals surface area contributed by atoms with E-state index in [1.54, 1.807) is 0 Å². The predicted molar refractivity (Wildman–Crippen MR) is 544 cm³/mol. The summed E-state index contributed by atoms with van der Waals surface area (Å²) < 4.78 is 36.5. The molecule has 0 saturated carbocycles. The van der Waals surface area contributed by atoms with Crippen molar-refractivity contribution in [1.82, 2.24) is 0 Å². The van der Waals surface area contributed by atoms with Crippen LogP contribution in [-0.2, 0) is 0 Å². The molecule has 594 valence electrons. The van der Waals surface area contributed by atoms with E-state index in [9.17, 15) is 0 Å². The molecule has 10 heteroatoms. The molecule has 5 aromatic heterocycles. The summed E-state index contributed by atoms with van der Waals surface area (Å²) in [6.45, 7) is 2.12. The maximum Gasteiger partial charge on any atom is 0.143 e. The van der Waals surface area contributed by atoms with Crippen LogP contribution >= 0.6 is 79.6 Å². The Hall–Kier alpha value is -13.4. The van der Waals surface area contributed by atoms with Crippen LogP contribution in [0.15, 0.2) is 445 Å². The fourth-order valence-electron chi connectivity index (χ4n) is 17.8. The third kappa shape index (κ3) is 14.8. The lowest BCUT2D eigenvalue weighted by Crippen LogP contribution is -1.82. The van der Waals surface area contributed by atoms with Crippen molar-refractivity contribution in [3.05, 3.63) is 428 Å². The summed E-state index contributed by atoms with van der Waals surface area (Å²) in [5.41, 5.74) is 22.5. The van der Waals surface area contributed by atoms with E-state index < -0.39 is 0 Å². The molecule has 125 heavy (non-hydrogen) atoms. The molecule has 0 N–H and O–H groups in total. The van der Waals surface area contributed by atoms with E-state index in [1.807, 2.05) is 12.1 Å². The summed E-state index contributed by atoms with van der Waals surface area (Å²) in [7, 11) is 0. The van der Waals surface area contributed by atoms with Gasteiger partial charge in [0.15, 0.2) is 0 Å². The van der Waals surface area contributed by atoms with Gasteiger partial charge in [0, 0.05) is 92.6 Å². The summed E-state index contributed by atoms with van der Waals surface area (Å²) >= 11 is 17.8. The monoisotopic (exact) mass is 1920 g/mol. The number of hydrogen-bond donors (Lipinski definition) is 0. The average molecular weight is 1930 g/mol. The van der Waals surface area contributed by atoms with Crippen molar-refractivity contribution < 1.29 is 22.1 Å². The maximum absolute atomic E-state index is 6.26. The maximum atomic E-state index is 6.26. The van der Waals surface area contributed by atoms with E-state index in [2.05, 4.69) is 475 Å². The van der Waals surface area contributed by atoms with Crippen LogP contribution in [0, 0.1) is 6.92 Å². The predicted octanol–water partition coefficient (Wildman–Crippen LogP) is 37.3. The molecule has 0 radical (unpaired) electrons. The van der Waals surface area contributed by atoms with Crippen LogP contribution in [0.1, 0.15) is 5.56 Å². The van der Waals surface area contributed by atoms with Gasteiger partial charge in [-0.1, -0.05) is 334 Å². The second-order valence-corrected chi connectivity index (χ2v) is 36.2. The van der Waals surface area contributed by atoms with Crippen LogP contribution in [0.5, 0.6) is 0 Å². The van der Waals surface area contributed by atoms with Gasteiger partial charge in [-0.3, -0.25) is 0 Å². The van der Waals surface area contributed by atoms with Crippen LogP contribution in [0.4, 0.5) is 0 Å². The van der Waals surface area contributed by atoms with Crippen LogP contribution in [-0.4, -0.2) is 0 Å². The molecule has 5 heterocycles. The quantitative estimate of drug-likeness (QED) is 0.172. The number of rotatable bonds is 5. The van der Waals surface area contributed by atoms with Crippen LogP contribution in [0.25, 0.3) is 230 Å². The number of fused-ring (bicyclic) bond motifs is 23. The van der Waals surface area contributed by atoms with Gasteiger partial charge in [-0.2, -0.15) is 0 Å². The first kappa shape index (κ1) is 77.6. The van der Waals surface area contributed by atoms with Crippen LogP contribution < -0.4 is 0 Å². The Kier molecular flexibility index (Phi) is 20.3. The zero-order valence-corrected chi connectivity index (χ0v) is 75.0. The number of hydrogen-bond acceptors (Lipinski definition) is 5. The zero-order valence-electron chi connectivity index (χ0n) is 67.0. The highest BCUT2D eigenvalue weighted by Crippen LogP contribution is 2.46. The third-order valence-corrected chi connectivity index (χ3v) is 26.3. The van der Waals surface area contributed by atoms with Crippen LogP contribution in [0.3, 0.4) is 0 Å². The SMILES string of the molecule is Brc1cc(-c2ccc3oc4c5ccccc5ccc4c3c2)c2ccccc2c1.Brc1ccc(-c2cccc3c2oc2cc4ccccc4cc23)cc1.Brc1ccc(-c2cccc3oc4cc5ccccc5cc4c23)cc1.Brc1cccc(-c2ccc3oc4c5ccccc5ccc4c3c2)c1.Cc1cc(-c2ccc(Br)cc2)c2c(c1)oc1cc3ccccc3cc12. The molecule has 0 amide bonds. The van der Waals surface area contributed by atoms with Gasteiger partial charge in [-0.05, 0) is 262 Å². The second kappa shape index (κ2) is 32.7. The molecule has 0 aliphatic rings. The minimum atomic E-state index is 0.925. The molecule has 0 fully saturated rings. The van der Waals surface area contributed by atoms with Crippen molar-refractivity contribution in [2.24, 2.45) is 0 Å². The summed E-state index contributed by atoms with van der Waals surface area (Å²) in [6.07, 6.45) is 0. The molecular formula is C115H69Br5O5. The van der Waals surface area contributed by atoms with Crippen molar-refractivity contribution in [1.29, 1.82) is 0 Å². The largest absolute Gasteiger partial charge is 0.456 e. The lowest BCUT2D eigenvalue weighted by molar-refractivity contribution is 0.669. The Balaban J connectivity index is 0.0000000928. The molecule has 0 atom stereocenters. The first-order chi connectivity index (χ1) is 61.3. The molecule has 26 aromatic rings. The smallest absolute Gasteiger partial charge is 0.143 e. The molecule has 0 spiro atoms. The zero-order chi connectivity index (χ0) is 83.9. The van der Waals surface area contributed by atoms with E-state index >= 15 is 0 Å². The Labute approximate surface area is 760 Å². The van der Waals surface area contributed by atoms with Gasteiger partial charge in [-0.25, -0.2) is 0 Å². The molecule has 21 aromatic carbocycles. The molecule has 26 rings (SSSR count). The lowest BCUT2D eigenvalue weighted by Gasteiger charge is -2.08. The Bertz CT molecular complexity index is 8740. The third-order valence-electron chi connectivity index (χ3n) is 23.8. The second-order valence-electron chi connectivity index (χ2n) is 31.6. The molecule has 0 saturated heterocycles. The number of benzene rings is 21. The molecule has 0 unspecified atom stereocenters. The first-order valence-corrected chi connectivity index (χ1v) is 45.3. The van der Waals surface area contributed by atoms with Crippen molar-refractivity contribution in [3.63, 3.8) is 0 Å². The highest BCUT2D eigenvalue weighted by Gasteiger charge is 2.20. The molecular weight excluding hydrogens is 1860 g/mol. The van der Waals surface area contributed by atoms with E-state index in [0.717, 1.165) is 122 Å².